The number of nitrogens with two attached hydrogens (primary N) is 1. The van der Waals surface area contributed by atoms with Gasteiger partial charge in [0.25, 0.3) is 5.91 Å². The lowest BCUT2D eigenvalue weighted by molar-refractivity contribution is -0.118. The van der Waals surface area contributed by atoms with Crippen molar-refractivity contribution in [2.75, 3.05) is 16.6 Å². The summed E-state index contributed by atoms with van der Waals surface area (Å²) in [7, 11) is -3.40. The third-order valence-electron chi connectivity index (χ3n) is 4.59. The summed E-state index contributed by atoms with van der Waals surface area (Å²) >= 11 is 0. The van der Waals surface area contributed by atoms with E-state index in [-0.39, 0.29) is 30.2 Å². The van der Waals surface area contributed by atoms with Gasteiger partial charge in [-0.05, 0) is 49.1 Å². The molecule has 2 amide bonds. The van der Waals surface area contributed by atoms with Crippen LogP contribution < -0.4 is 25.8 Å². The van der Waals surface area contributed by atoms with Crippen LogP contribution in [0, 0.1) is 5.92 Å². The minimum atomic E-state index is -3.40. The second-order valence-electron chi connectivity index (χ2n) is 8.48. The molecule has 1 aliphatic heterocycles. The fourth-order valence-electron chi connectivity index (χ4n) is 2.94. The molecule has 0 radical (unpaired) electrons. The number of amides is 2. The number of nitrogens with zero attached hydrogens (tertiary/aromatic N) is 2. The molecular formula is C21H28N6O5S. The number of carbonyl (C=O) groups excluding carboxylic acids is 2. The zero-order valence-corrected chi connectivity index (χ0v) is 19.6. The van der Waals surface area contributed by atoms with Gasteiger partial charge in [0, 0.05) is 17.7 Å². The monoisotopic (exact) mass is 476 g/mol. The van der Waals surface area contributed by atoms with Crippen LogP contribution in [-0.4, -0.2) is 43.9 Å². The molecule has 2 heterocycles. The minimum Gasteiger partial charge on any atom is -0.490 e. The summed E-state index contributed by atoms with van der Waals surface area (Å²) in [5.41, 5.74) is 6.25. The van der Waals surface area contributed by atoms with Gasteiger partial charge < -0.3 is 21.1 Å². The van der Waals surface area contributed by atoms with E-state index in [4.69, 9.17) is 10.5 Å². The van der Waals surface area contributed by atoms with Crippen LogP contribution in [0.4, 0.5) is 11.5 Å². The normalized spacial score (nSPS) is 15.5. The molecule has 0 unspecified atom stereocenters. The largest absolute Gasteiger partial charge is 0.490 e. The molecule has 3 rings (SSSR count). The Hall–Kier alpha value is -3.35. The molecule has 11 nitrogen and oxygen atoms in total. The van der Waals surface area contributed by atoms with Crippen LogP contribution in [0.1, 0.15) is 43.6 Å². The van der Waals surface area contributed by atoms with Crippen LogP contribution in [0.3, 0.4) is 0 Å². The van der Waals surface area contributed by atoms with Gasteiger partial charge in [-0.3, -0.25) is 23.4 Å². The first-order valence-corrected chi connectivity index (χ1v) is 11.6. The Bertz CT molecular complexity index is 1100. The van der Waals surface area contributed by atoms with Crippen LogP contribution in [0.25, 0.3) is 0 Å². The number of amidine groups is 1. The van der Waals surface area contributed by atoms with Gasteiger partial charge in [-0.1, -0.05) is 19.9 Å². The van der Waals surface area contributed by atoms with E-state index in [9.17, 15) is 18.7 Å². The Morgan fingerprint density at radius 1 is 1.27 bits per heavy atom. The van der Waals surface area contributed by atoms with Gasteiger partial charge in [0.15, 0.2) is 5.84 Å². The van der Waals surface area contributed by atoms with Crippen molar-refractivity contribution in [1.29, 1.82) is 0 Å². The highest BCUT2D eigenvalue weighted by Gasteiger charge is 2.27. The number of aromatic nitrogens is 1. The first-order chi connectivity index (χ1) is 15.4. The molecule has 0 spiro atoms. The van der Waals surface area contributed by atoms with Crippen molar-refractivity contribution < 1.29 is 23.4 Å². The van der Waals surface area contributed by atoms with E-state index >= 15 is 0 Å². The highest BCUT2D eigenvalue weighted by molar-refractivity contribution is 8.24. The van der Waals surface area contributed by atoms with E-state index in [0.717, 1.165) is 0 Å². The Balaban J connectivity index is 1.68. The van der Waals surface area contributed by atoms with Gasteiger partial charge in [0.05, 0.1) is 16.8 Å². The first-order valence-electron chi connectivity index (χ1n) is 10.1. The number of nitrogens with one attached hydrogen (secondary N) is 3. The predicted octanol–water partition coefficient (Wildman–Crippen LogP) is 2.97. The number of carbonyl (C=O) groups is 2. The summed E-state index contributed by atoms with van der Waals surface area (Å²) in [6.07, 6.45) is 1.45. The maximum absolute atomic E-state index is 12.8. The molecule has 0 saturated heterocycles. The highest BCUT2D eigenvalue weighted by atomic mass is 32.3. The molecule has 1 aliphatic rings. The molecule has 0 aliphatic carbocycles. The molecule has 178 valence electrons. The Morgan fingerprint density at radius 3 is 2.70 bits per heavy atom. The van der Waals surface area contributed by atoms with Gasteiger partial charge in [0.1, 0.15) is 18.2 Å². The van der Waals surface area contributed by atoms with Crippen LogP contribution in [0.15, 0.2) is 40.9 Å². The predicted molar refractivity (Wildman–Crippen MR) is 128 cm³/mol. The molecule has 1 aromatic carbocycles. The third-order valence-corrected chi connectivity index (χ3v) is 5.54. The van der Waals surface area contributed by atoms with Gasteiger partial charge in [0.2, 0.25) is 5.91 Å². The molecule has 0 atom stereocenters. The second kappa shape index (κ2) is 9.25. The van der Waals surface area contributed by atoms with Crippen LogP contribution >= 0.6 is 11.0 Å². The number of pyridine rings is 1. The van der Waals surface area contributed by atoms with Crippen molar-refractivity contribution in [2.45, 2.75) is 33.2 Å². The quantitative estimate of drug-likeness (QED) is 0.354. The Morgan fingerprint density at radius 2 is 2.00 bits per heavy atom. The minimum absolute atomic E-state index is 0.0612. The van der Waals surface area contributed by atoms with Crippen LogP contribution in [-0.2, 0) is 4.79 Å². The molecule has 7 N–H and O–H groups in total. The number of anilines is 2. The number of ether oxygens (including phenoxy) is 1. The van der Waals surface area contributed by atoms with Crippen LogP contribution in [0.5, 0.6) is 5.75 Å². The maximum Gasteiger partial charge on any atom is 0.252 e. The Labute approximate surface area is 193 Å². The molecule has 12 heteroatoms. The molecule has 0 saturated carbocycles. The van der Waals surface area contributed by atoms with Crippen molar-refractivity contribution in [2.24, 2.45) is 16.0 Å². The van der Waals surface area contributed by atoms with Crippen molar-refractivity contribution >= 4 is 40.1 Å². The smallest absolute Gasteiger partial charge is 0.252 e. The van der Waals surface area contributed by atoms with Gasteiger partial charge in [-0.2, -0.15) is 0 Å². The van der Waals surface area contributed by atoms with E-state index in [1.807, 2.05) is 0 Å². The molecule has 33 heavy (non-hydrogen) atoms. The van der Waals surface area contributed by atoms with Gasteiger partial charge in [-0.25, -0.2) is 4.98 Å². The van der Waals surface area contributed by atoms with E-state index in [2.05, 4.69) is 24.7 Å². The molecular weight excluding hydrogens is 448 g/mol. The molecule has 2 aromatic rings. The maximum atomic E-state index is 12.8. The lowest BCUT2D eigenvalue weighted by Gasteiger charge is -2.34. The van der Waals surface area contributed by atoms with Crippen LogP contribution in [0.2, 0.25) is 0 Å². The summed E-state index contributed by atoms with van der Waals surface area (Å²) in [4.78, 5) is 28.8. The summed E-state index contributed by atoms with van der Waals surface area (Å²) < 4.78 is 31.7. The summed E-state index contributed by atoms with van der Waals surface area (Å²) in [6, 6.07) is 8.02. The number of hydrogen-bond acceptors (Lipinski definition) is 9. The van der Waals surface area contributed by atoms with E-state index in [0.29, 0.717) is 28.4 Å². The number of fused-ring (bicyclic) bond motifs is 1. The molecule has 0 bridgehead atoms. The van der Waals surface area contributed by atoms with Crippen molar-refractivity contribution in [3.63, 3.8) is 0 Å². The lowest BCUT2D eigenvalue weighted by Crippen LogP contribution is -2.48. The first kappa shape index (κ1) is 24.3. The molecule has 1 aromatic heterocycles. The average Bonchev–Trinajstić information content (AvgIpc) is 2.71. The number of rotatable bonds is 7. The van der Waals surface area contributed by atoms with Crippen molar-refractivity contribution in [3.05, 3.63) is 47.7 Å². The summed E-state index contributed by atoms with van der Waals surface area (Å²) in [6.45, 7) is 7.18. The fourth-order valence-corrected chi connectivity index (χ4v) is 3.81. The Kier molecular flexibility index (Phi) is 6.81. The van der Waals surface area contributed by atoms with Gasteiger partial charge >= 0.3 is 0 Å². The summed E-state index contributed by atoms with van der Waals surface area (Å²) in [5.74, 6) is -0.170. The van der Waals surface area contributed by atoms with E-state index in [1.54, 1.807) is 52.0 Å². The lowest BCUT2D eigenvalue weighted by atomic mass is 10.1. The highest BCUT2D eigenvalue weighted by Crippen LogP contribution is 2.46. The molecule has 0 fully saturated rings. The number of benzene rings is 1. The summed E-state index contributed by atoms with van der Waals surface area (Å²) in [5, 5.41) is 5.56. The van der Waals surface area contributed by atoms with Crippen molar-refractivity contribution in [1.82, 2.24) is 10.3 Å². The van der Waals surface area contributed by atoms with Gasteiger partial charge in [-0.15, -0.1) is 4.40 Å². The standard InChI is InChI=1S/C21H28N6O5S/c1-12(2)19(28)24-16-10-13(8-9-23-16)20(29)25-21(3,4)11-32-15-7-5-6-14-17(15)18(22)27-33(30,31)26-14/h5-10,12,26,30-31H,11H2,1-4H3,(H2,22,27)(H,25,29)(H,23,24,28). The van der Waals surface area contributed by atoms with Crippen molar-refractivity contribution in [3.8, 4) is 5.75 Å². The third kappa shape index (κ3) is 6.12. The second-order valence-corrected chi connectivity index (χ2v) is 9.90. The SMILES string of the molecule is CC(C)C(=O)Nc1cc(C(=O)NC(C)(C)COc2cccc3c2C(N)=NS(O)(O)N3)ccn1. The average molecular weight is 477 g/mol. The fraction of sp³-hybridized carbons (Fsp3) is 0.333. The van der Waals surface area contributed by atoms with E-state index in [1.165, 1.54) is 12.3 Å². The zero-order chi connectivity index (χ0) is 24.4. The zero-order valence-electron chi connectivity index (χ0n) is 18.7. The number of hydrogen-bond donors (Lipinski definition) is 6. The van der Waals surface area contributed by atoms with E-state index < -0.39 is 16.5 Å². The topological polar surface area (TPSA) is 171 Å².